The van der Waals surface area contributed by atoms with Crippen LogP contribution in [0.1, 0.15) is 36.1 Å². The van der Waals surface area contributed by atoms with Crippen molar-refractivity contribution in [3.8, 4) is 0 Å². The molecule has 2 aromatic heterocycles. The number of aromatic nitrogens is 2. The standard InChI is InChI=1S/C22H24N4O4S/c1-12(2)10-26-21-15(13(3)24-26)9-18(31-21)22(29)30-14(4)20(28)25-11-19(27)23-16-7-5-6-8-17(16)25/h5-9,12,14H,10-11H2,1-4H3,(H,23,27)/t14-/m0/s1. The van der Waals surface area contributed by atoms with Crippen LogP contribution >= 0.6 is 11.3 Å². The number of nitrogens with one attached hydrogen (secondary N) is 1. The predicted octanol–water partition coefficient (Wildman–Crippen LogP) is 3.59. The molecule has 0 spiro atoms. The van der Waals surface area contributed by atoms with Gasteiger partial charge in [0.1, 0.15) is 16.3 Å². The van der Waals surface area contributed by atoms with Gasteiger partial charge in [-0.25, -0.2) is 4.79 Å². The van der Waals surface area contributed by atoms with Gasteiger partial charge in [-0.15, -0.1) is 11.3 Å². The molecule has 0 radical (unpaired) electrons. The number of hydrogen-bond acceptors (Lipinski definition) is 6. The molecule has 4 rings (SSSR count). The van der Waals surface area contributed by atoms with E-state index in [0.29, 0.717) is 22.2 Å². The highest BCUT2D eigenvalue weighted by molar-refractivity contribution is 7.20. The van der Waals surface area contributed by atoms with E-state index in [1.165, 1.54) is 23.2 Å². The molecule has 162 valence electrons. The van der Waals surface area contributed by atoms with E-state index in [0.717, 1.165) is 22.5 Å². The molecule has 2 amide bonds. The number of carbonyl (C=O) groups excluding carboxylic acids is 3. The molecule has 1 aliphatic rings. The second-order valence-corrected chi connectivity index (χ2v) is 9.06. The van der Waals surface area contributed by atoms with Crippen LogP contribution in [0.2, 0.25) is 0 Å². The molecule has 31 heavy (non-hydrogen) atoms. The molecule has 0 fully saturated rings. The fraction of sp³-hybridized carbons (Fsp3) is 0.364. The lowest BCUT2D eigenvalue weighted by atomic mass is 10.1. The van der Waals surface area contributed by atoms with Crippen molar-refractivity contribution in [2.24, 2.45) is 5.92 Å². The lowest BCUT2D eigenvalue weighted by molar-refractivity contribution is -0.128. The third-order valence-electron chi connectivity index (χ3n) is 5.01. The van der Waals surface area contributed by atoms with Crippen LogP contribution in [0, 0.1) is 12.8 Å². The van der Waals surface area contributed by atoms with E-state index in [4.69, 9.17) is 4.74 Å². The van der Waals surface area contributed by atoms with Crippen molar-refractivity contribution in [3.05, 3.63) is 40.9 Å². The van der Waals surface area contributed by atoms with Gasteiger partial charge in [0.05, 0.1) is 17.1 Å². The SMILES string of the molecule is Cc1nn(CC(C)C)c2sc(C(=O)O[C@@H](C)C(=O)N3CC(=O)Nc4ccccc43)cc12. The summed E-state index contributed by atoms with van der Waals surface area (Å²) < 4.78 is 7.39. The van der Waals surface area contributed by atoms with E-state index in [2.05, 4.69) is 24.3 Å². The number of nitrogens with zero attached hydrogens (tertiary/aromatic N) is 3. The first-order chi connectivity index (χ1) is 14.7. The maximum absolute atomic E-state index is 13.0. The van der Waals surface area contributed by atoms with Crippen LogP contribution in [0.15, 0.2) is 30.3 Å². The Hall–Kier alpha value is -3.20. The number of thiophene rings is 1. The molecule has 1 aromatic carbocycles. The Labute approximate surface area is 183 Å². The van der Waals surface area contributed by atoms with Crippen molar-refractivity contribution in [1.82, 2.24) is 9.78 Å². The summed E-state index contributed by atoms with van der Waals surface area (Å²) in [6.07, 6.45) is -1.04. The first-order valence-electron chi connectivity index (χ1n) is 10.1. The lowest BCUT2D eigenvalue weighted by Crippen LogP contribution is -2.47. The van der Waals surface area contributed by atoms with Gasteiger partial charge in [0.15, 0.2) is 6.10 Å². The number of aryl methyl sites for hydroxylation is 1. The van der Waals surface area contributed by atoms with Crippen LogP contribution < -0.4 is 10.2 Å². The topological polar surface area (TPSA) is 93.5 Å². The van der Waals surface area contributed by atoms with Crippen LogP contribution in [-0.2, 0) is 20.9 Å². The summed E-state index contributed by atoms with van der Waals surface area (Å²) in [5, 5.41) is 8.20. The van der Waals surface area contributed by atoms with Gasteiger partial charge in [-0.2, -0.15) is 5.10 Å². The van der Waals surface area contributed by atoms with Crippen molar-refractivity contribution in [3.63, 3.8) is 0 Å². The lowest BCUT2D eigenvalue weighted by Gasteiger charge is -2.30. The molecule has 0 bridgehead atoms. The molecule has 1 aliphatic heterocycles. The number of benzene rings is 1. The third kappa shape index (κ3) is 4.05. The Morgan fingerprint density at radius 2 is 2.00 bits per heavy atom. The molecular weight excluding hydrogens is 416 g/mol. The van der Waals surface area contributed by atoms with Crippen LogP contribution in [0.25, 0.3) is 10.2 Å². The summed E-state index contributed by atoms with van der Waals surface area (Å²) in [7, 11) is 0. The summed E-state index contributed by atoms with van der Waals surface area (Å²) in [5.74, 6) is -0.881. The Morgan fingerprint density at radius 1 is 1.26 bits per heavy atom. The Bertz CT molecular complexity index is 1180. The summed E-state index contributed by atoms with van der Waals surface area (Å²) in [6.45, 7) is 8.28. The third-order valence-corrected chi connectivity index (χ3v) is 6.14. The average Bonchev–Trinajstić information content (AvgIpc) is 3.28. The van der Waals surface area contributed by atoms with Gasteiger partial charge in [0.25, 0.3) is 5.91 Å². The van der Waals surface area contributed by atoms with Gasteiger partial charge in [0, 0.05) is 11.9 Å². The normalized spacial score (nSPS) is 14.5. The number of fused-ring (bicyclic) bond motifs is 2. The number of hydrogen-bond donors (Lipinski definition) is 1. The van der Waals surface area contributed by atoms with Crippen LogP contribution in [-0.4, -0.2) is 40.2 Å². The van der Waals surface area contributed by atoms with Crippen LogP contribution in [0.5, 0.6) is 0 Å². The zero-order valence-electron chi connectivity index (χ0n) is 17.8. The van der Waals surface area contributed by atoms with E-state index in [-0.39, 0.29) is 12.5 Å². The minimum atomic E-state index is -1.04. The maximum atomic E-state index is 13.0. The molecule has 3 aromatic rings. The molecule has 0 aliphatic carbocycles. The highest BCUT2D eigenvalue weighted by Gasteiger charge is 2.32. The highest BCUT2D eigenvalue weighted by atomic mass is 32.1. The molecule has 1 atom stereocenters. The van der Waals surface area contributed by atoms with Gasteiger partial charge in [-0.3, -0.25) is 19.2 Å². The Morgan fingerprint density at radius 3 is 2.74 bits per heavy atom. The highest BCUT2D eigenvalue weighted by Crippen LogP contribution is 2.31. The number of carbonyl (C=O) groups is 3. The fourth-order valence-electron chi connectivity index (χ4n) is 3.60. The minimum absolute atomic E-state index is 0.120. The number of amides is 2. The van der Waals surface area contributed by atoms with E-state index in [1.807, 2.05) is 11.6 Å². The average molecular weight is 441 g/mol. The Balaban J connectivity index is 1.52. The number of esters is 1. The number of rotatable bonds is 5. The second kappa shape index (κ2) is 8.14. The number of ether oxygens (including phenoxy) is 1. The molecular formula is C22H24N4O4S. The van der Waals surface area contributed by atoms with Crippen molar-refractivity contribution in [2.75, 3.05) is 16.8 Å². The molecule has 0 saturated carbocycles. The van der Waals surface area contributed by atoms with E-state index in [1.54, 1.807) is 30.3 Å². The van der Waals surface area contributed by atoms with Crippen LogP contribution in [0.3, 0.4) is 0 Å². The zero-order valence-corrected chi connectivity index (χ0v) is 18.7. The molecule has 0 saturated heterocycles. The van der Waals surface area contributed by atoms with Crippen molar-refractivity contribution < 1.29 is 19.1 Å². The summed E-state index contributed by atoms with van der Waals surface area (Å²) in [6, 6.07) is 8.80. The fourth-order valence-corrected chi connectivity index (χ4v) is 4.66. The van der Waals surface area contributed by atoms with Gasteiger partial charge in [0.2, 0.25) is 5.91 Å². The summed E-state index contributed by atoms with van der Waals surface area (Å²) >= 11 is 1.31. The van der Waals surface area contributed by atoms with Gasteiger partial charge >= 0.3 is 5.97 Å². The first-order valence-corrected chi connectivity index (χ1v) is 10.9. The summed E-state index contributed by atoms with van der Waals surface area (Å²) in [5.41, 5.74) is 1.99. The van der Waals surface area contributed by atoms with E-state index < -0.39 is 18.0 Å². The summed E-state index contributed by atoms with van der Waals surface area (Å²) in [4.78, 5) is 40.4. The van der Waals surface area contributed by atoms with Crippen molar-refractivity contribution >= 4 is 50.7 Å². The molecule has 9 heteroatoms. The van der Waals surface area contributed by atoms with Crippen molar-refractivity contribution in [1.29, 1.82) is 0 Å². The first kappa shape index (κ1) is 21.0. The van der Waals surface area contributed by atoms with E-state index in [9.17, 15) is 14.4 Å². The monoisotopic (exact) mass is 440 g/mol. The smallest absolute Gasteiger partial charge is 0.349 e. The van der Waals surface area contributed by atoms with Crippen LogP contribution in [0.4, 0.5) is 11.4 Å². The Kier molecular flexibility index (Phi) is 5.53. The predicted molar refractivity (Wildman–Crippen MR) is 119 cm³/mol. The number of para-hydroxylation sites is 2. The largest absolute Gasteiger partial charge is 0.448 e. The minimum Gasteiger partial charge on any atom is -0.448 e. The van der Waals surface area contributed by atoms with Gasteiger partial charge in [-0.05, 0) is 38.0 Å². The second-order valence-electron chi connectivity index (χ2n) is 8.03. The molecule has 3 heterocycles. The van der Waals surface area contributed by atoms with E-state index >= 15 is 0 Å². The zero-order chi connectivity index (χ0) is 22.3. The molecule has 0 unspecified atom stereocenters. The molecule has 8 nitrogen and oxygen atoms in total. The quantitative estimate of drug-likeness (QED) is 0.612. The van der Waals surface area contributed by atoms with Crippen molar-refractivity contribution in [2.45, 2.75) is 40.3 Å². The van der Waals surface area contributed by atoms with Gasteiger partial charge < -0.3 is 10.1 Å². The van der Waals surface area contributed by atoms with Gasteiger partial charge in [-0.1, -0.05) is 26.0 Å². The maximum Gasteiger partial charge on any atom is 0.349 e. The number of anilines is 2. The molecule has 1 N–H and O–H groups in total.